The molecular formula is C22H19N3O3S. The second kappa shape index (κ2) is 7.97. The van der Waals surface area contributed by atoms with Crippen molar-refractivity contribution in [3.63, 3.8) is 0 Å². The molecule has 29 heavy (non-hydrogen) atoms. The summed E-state index contributed by atoms with van der Waals surface area (Å²) >= 11 is 1.59. The van der Waals surface area contributed by atoms with Crippen LogP contribution < -0.4 is 5.32 Å². The highest BCUT2D eigenvalue weighted by Crippen LogP contribution is 2.23. The van der Waals surface area contributed by atoms with Crippen LogP contribution in [-0.2, 0) is 16.0 Å². The van der Waals surface area contributed by atoms with Gasteiger partial charge in [-0.2, -0.15) is 0 Å². The second-order valence-electron chi connectivity index (χ2n) is 6.81. The summed E-state index contributed by atoms with van der Waals surface area (Å²) in [7, 11) is 0. The molecule has 4 rings (SSSR count). The van der Waals surface area contributed by atoms with Gasteiger partial charge in [-0.25, -0.2) is 4.98 Å². The van der Waals surface area contributed by atoms with Crippen molar-refractivity contribution < 1.29 is 14.4 Å². The van der Waals surface area contributed by atoms with Gasteiger partial charge in [-0.15, -0.1) is 11.3 Å². The molecule has 146 valence electrons. The first-order valence-electron chi connectivity index (χ1n) is 9.26. The molecule has 2 heterocycles. The number of fused-ring (bicyclic) bond motifs is 1. The number of aromatic nitrogens is 1. The monoisotopic (exact) mass is 405 g/mol. The Balaban J connectivity index is 1.35. The summed E-state index contributed by atoms with van der Waals surface area (Å²) in [5, 5.41) is 5.80. The number of hydrogen-bond acceptors (Lipinski definition) is 5. The minimum absolute atomic E-state index is 0.0483. The molecule has 1 N–H and O–H groups in total. The molecule has 1 aliphatic heterocycles. The first kappa shape index (κ1) is 19.0. The van der Waals surface area contributed by atoms with Crippen LogP contribution >= 0.6 is 11.3 Å². The zero-order valence-corrected chi connectivity index (χ0v) is 16.7. The number of thiazole rings is 1. The van der Waals surface area contributed by atoms with Crippen LogP contribution in [0.1, 0.15) is 27.3 Å². The van der Waals surface area contributed by atoms with Gasteiger partial charge in [-0.1, -0.05) is 30.3 Å². The smallest absolute Gasteiger partial charge is 0.260 e. The van der Waals surface area contributed by atoms with Crippen molar-refractivity contribution in [2.45, 2.75) is 19.8 Å². The van der Waals surface area contributed by atoms with E-state index in [4.69, 9.17) is 0 Å². The highest BCUT2D eigenvalue weighted by Gasteiger charge is 2.30. The molecule has 3 aromatic rings. The van der Waals surface area contributed by atoms with E-state index in [-0.39, 0.29) is 37.1 Å². The molecule has 2 aromatic carbocycles. The molecule has 0 bridgehead atoms. The zero-order chi connectivity index (χ0) is 20.4. The van der Waals surface area contributed by atoms with Crippen LogP contribution in [0.4, 0.5) is 5.69 Å². The predicted molar refractivity (Wildman–Crippen MR) is 112 cm³/mol. The topological polar surface area (TPSA) is 79.4 Å². The molecule has 0 spiro atoms. The van der Waals surface area contributed by atoms with Gasteiger partial charge in [0.2, 0.25) is 11.8 Å². The van der Waals surface area contributed by atoms with E-state index in [9.17, 15) is 14.4 Å². The summed E-state index contributed by atoms with van der Waals surface area (Å²) in [6, 6.07) is 14.5. The number of anilines is 1. The number of hydrogen-bond donors (Lipinski definition) is 1. The van der Waals surface area contributed by atoms with Crippen LogP contribution in [0, 0.1) is 6.92 Å². The average molecular weight is 405 g/mol. The number of imide groups is 1. The first-order valence-corrected chi connectivity index (χ1v) is 10.1. The Bertz CT molecular complexity index is 1090. The lowest BCUT2D eigenvalue weighted by atomic mass is 9.98. The van der Waals surface area contributed by atoms with Crippen molar-refractivity contribution in [1.29, 1.82) is 0 Å². The van der Waals surface area contributed by atoms with Crippen LogP contribution in [0.15, 0.2) is 53.9 Å². The number of carbonyl (C=O) groups is 3. The van der Waals surface area contributed by atoms with Crippen LogP contribution in [0.2, 0.25) is 0 Å². The van der Waals surface area contributed by atoms with E-state index in [1.165, 1.54) is 0 Å². The minimum Gasteiger partial charge on any atom is -0.326 e. The molecule has 6 nitrogen and oxygen atoms in total. The maximum absolute atomic E-state index is 12.5. The van der Waals surface area contributed by atoms with Crippen LogP contribution in [0.5, 0.6) is 0 Å². The van der Waals surface area contributed by atoms with Crippen molar-refractivity contribution in [3.05, 3.63) is 70.0 Å². The van der Waals surface area contributed by atoms with Crippen molar-refractivity contribution >= 4 is 34.7 Å². The van der Waals surface area contributed by atoms with E-state index in [0.717, 1.165) is 26.7 Å². The normalized spacial score (nSPS) is 13.3. The Morgan fingerprint density at radius 3 is 2.62 bits per heavy atom. The van der Waals surface area contributed by atoms with Gasteiger partial charge in [0.15, 0.2) is 0 Å². The molecule has 0 atom stereocenters. The Morgan fingerprint density at radius 1 is 1.14 bits per heavy atom. The molecule has 0 fully saturated rings. The molecule has 0 saturated carbocycles. The SMILES string of the molecule is Cc1nc(-c2ccc(NC(=O)CCN3C(=O)Cc4ccccc4C3=O)cc2)cs1. The number of benzene rings is 2. The highest BCUT2D eigenvalue weighted by molar-refractivity contribution is 7.09. The number of nitrogens with zero attached hydrogens (tertiary/aromatic N) is 2. The molecule has 0 unspecified atom stereocenters. The van der Waals surface area contributed by atoms with Gasteiger partial charge in [0.1, 0.15) is 0 Å². The van der Waals surface area contributed by atoms with E-state index in [0.29, 0.717) is 11.3 Å². The molecule has 3 amide bonds. The summed E-state index contributed by atoms with van der Waals surface area (Å²) < 4.78 is 0. The number of amides is 3. The van der Waals surface area contributed by atoms with Gasteiger partial charge >= 0.3 is 0 Å². The number of nitrogens with one attached hydrogen (secondary N) is 1. The third-order valence-corrected chi connectivity index (χ3v) is 5.56. The third kappa shape index (κ3) is 4.09. The fourth-order valence-electron chi connectivity index (χ4n) is 3.28. The van der Waals surface area contributed by atoms with Gasteiger partial charge in [-0.3, -0.25) is 19.3 Å². The summed E-state index contributed by atoms with van der Waals surface area (Å²) in [5.41, 5.74) is 3.81. The summed E-state index contributed by atoms with van der Waals surface area (Å²) in [5.74, 6) is -0.862. The lowest BCUT2D eigenvalue weighted by Crippen LogP contribution is -2.43. The number of aryl methyl sites for hydroxylation is 1. The van der Waals surface area contributed by atoms with Gasteiger partial charge in [0.25, 0.3) is 5.91 Å². The fraction of sp³-hybridized carbons (Fsp3) is 0.182. The molecule has 0 saturated heterocycles. The lowest BCUT2D eigenvalue weighted by Gasteiger charge is -2.26. The van der Waals surface area contributed by atoms with Crippen molar-refractivity contribution in [1.82, 2.24) is 9.88 Å². The molecule has 0 aliphatic carbocycles. The highest BCUT2D eigenvalue weighted by atomic mass is 32.1. The molecule has 0 radical (unpaired) electrons. The standard InChI is InChI=1S/C22H19N3O3S/c1-14-23-19(13-29-14)15-6-8-17(9-7-15)24-20(26)10-11-25-21(27)12-16-4-2-3-5-18(16)22(25)28/h2-9,13H,10-12H2,1H3,(H,24,26). The van der Waals surface area contributed by atoms with E-state index < -0.39 is 0 Å². The van der Waals surface area contributed by atoms with E-state index in [2.05, 4.69) is 10.3 Å². The quantitative estimate of drug-likeness (QED) is 0.657. The van der Waals surface area contributed by atoms with E-state index in [1.54, 1.807) is 29.5 Å². The van der Waals surface area contributed by atoms with Crippen molar-refractivity contribution in [2.24, 2.45) is 0 Å². The first-order chi connectivity index (χ1) is 14.0. The molecular weight excluding hydrogens is 386 g/mol. The van der Waals surface area contributed by atoms with E-state index in [1.807, 2.05) is 42.6 Å². The Labute approximate surface area is 172 Å². The van der Waals surface area contributed by atoms with Gasteiger partial charge in [0, 0.05) is 35.2 Å². The van der Waals surface area contributed by atoms with Crippen LogP contribution in [0.25, 0.3) is 11.3 Å². The molecule has 1 aliphatic rings. The van der Waals surface area contributed by atoms with Crippen LogP contribution in [-0.4, -0.2) is 34.2 Å². The van der Waals surface area contributed by atoms with Crippen molar-refractivity contribution in [2.75, 3.05) is 11.9 Å². The van der Waals surface area contributed by atoms with E-state index >= 15 is 0 Å². The maximum atomic E-state index is 12.5. The average Bonchev–Trinajstić information content (AvgIpc) is 3.15. The molecule has 1 aromatic heterocycles. The van der Waals surface area contributed by atoms with Crippen molar-refractivity contribution in [3.8, 4) is 11.3 Å². The predicted octanol–water partition coefficient (Wildman–Crippen LogP) is 3.67. The Morgan fingerprint density at radius 2 is 1.90 bits per heavy atom. The summed E-state index contributed by atoms with van der Waals surface area (Å²) in [4.78, 5) is 42.7. The molecule has 7 heteroatoms. The minimum atomic E-state index is -0.340. The van der Waals surface area contributed by atoms with Gasteiger partial charge in [0.05, 0.1) is 17.1 Å². The number of carbonyl (C=O) groups excluding carboxylic acids is 3. The second-order valence-corrected chi connectivity index (χ2v) is 7.87. The summed E-state index contributed by atoms with van der Waals surface area (Å²) in [6.45, 7) is 2.02. The lowest BCUT2D eigenvalue weighted by molar-refractivity contribution is -0.128. The largest absolute Gasteiger partial charge is 0.326 e. The Hall–Kier alpha value is -3.32. The van der Waals surface area contributed by atoms with Crippen LogP contribution in [0.3, 0.4) is 0 Å². The Kier molecular flexibility index (Phi) is 5.22. The number of rotatable bonds is 5. The fourth-order valence-corrected chi connectivity index (χ4v) is 3.91. The zero-order valence-electron chi connectivity index (χ0n) is 15.8. The van der Waals surface area contributed by atoms with Gasteiger partial charge < -0.3 is 5.32 Å². The third-order valence-electron chi connectivity index (χ3n) is 4.78. The maximum Gasteiger partial charge on any atom is 0.260 e. The summed E-state index contributed by atoms with van der Waals surface area (Å²) in [6.07, 6.45) is 0.230. The van der Waals surface area contributed by atoms with Gasteiger partial charge in [-0.05, 0) is 30.7 Å².